The van der Waals surface area contributed by atoms with E-state index in [0.717, 1.165) is 0 Å². The zero-order chi connectivity index (χ0) is 11.6. The zero-order valence-corrected chi connectivity index (χ0v) is 9.83. The van der Waals surface area contributed by atoms with Crippen molar-refractivity contribution in [3.05, 3.63) is 18.3 Å². The Bertz CT molecular complexity index is 455. The molecule has 0 amide bonds. The highest BCUT2D eigenvalue weighted by molar-refractivity contribution is 7.91. The minimum Gasteiger partial charge on any atom is -0.495 e. The largest absolute Gasteiger partial charge is 0.495 e. The number of hydrogen-bond donors (Lipinski definition) is 1. The molecule has 16 heavy (non-hydrogen) atoms. The molecular weight excluding hydrogens is 228 g/mol. The third-order valence-electron chi connectivity index (χ3n) is 2.56. The lowest BCUT2D eigenvalue weighted by Crippen LogP contribution is -2.21. The SMILES string of the molecule is COc1ccc(NC2CCS(=O)(=O)C2)nc1. The van der Waals surface area contributed by atoms with Gasteiger partial charge in [-0.25, -0.2) is 13.4 Å². The normalized spacial score (nSPS) is 22.9. The van der Waals surface area contributed by atoms with Gasteiger partial charge in [0.1, 0.15) is 11.6 Å². The molecule has 0 bridgehead atoms. The first-order chi connectivity index (χ1) is 7.59. The quantitative estimate of drug-likeness (QED) is 0.844. The first-order valence-electron chi connectivity index (χ1n) is 5.06. The first-order valence-corrected chi connectivity index (χ1v) is 6.88. The molecule has 5 nitrogen and oxygen atoms in total. The topological polar surface area (TPSA) is 68.3 Å². The van der Waals surface area contributed by atoms with Gasteiger partial charge in [-0.2, -0.15) is 0 Å². The molecule has 1 aromatic heterocycles. The van der Waals surface area contributed by atoms with Gasteiger partial charge < -0.3 is 10.1 Å². The number of sulfone groups is 1. The van der Waals surface area contributed by atoms with Crippen molar-refractivity contribution in [2.45, 2.75) is 12.5 Å². The zero-order valence-electron chi connectivity index (χ0n) is 9.01. The Balaban J connectivity index is 1.99. The van der Waals surface area contributed by atoms with Crippen molar-refractivity contribution in [2.24, 2.45) is 0 Å². The van der Waals surface area contributed by atoms with Crippen LogP contribution in [0.2, 0.25) is 0 Å². The summed E-state index contributed by atoms with van der Waals surface area (Å²) >= 11 is 0. The highest BCUT2D eigenvalue weighted by Crippen LogP contribution is 2.17. The summed E-state index contributed by atoms with van der Waals surface area (Å²) < 4.78 is 27.5. The summed E-state index contributed by atoms with van der Waals surface area (Å²) in [5.74, 6) is 1.83. The third kappa shape index (κ3) is 2.63. The summed E-state index contributed by atoms with van der Waals surface area (Å²) in [7, 11) is -1.27. The molecule has 88 valence electrons. The molecule has 1 atom stereocenters. The number of ether oxygens (including phenoxy) is 1. The first kappa shape index (κ1) is 11.2. The van der Waals surface area contributed by atoms with E-state index in [0.29, 0.717) is 18.0 Å². The Labute approximate surface area is 94.8 Å². The number of hydrogen-bond acceptors (Lipinski definition) is 5. The fourth-order valence-electron chi connectivity index (χ4n) is 1.70. The van der Waals surface area contributed by atoms with Crippen LogP contribution in [0.5, 0.6) is 5.75 Å². The minimum absolute atomic E-state index is 0.0223. The summed E-state index contributed by atoms with van der Waals surface area (Å²) in [6.45, 7) is 0. The monoisotopic (exact) mass is 242 g/mol. The van der Waals surface area contributed by atoms with Gasteiger partial charge in [-0.3, -0.25) is 0 Å². The molecule has 0 aromatic carbocycles. The van der Waals surface area contributed by atoms with E-state index >= 15 is 0 Å². The number of pyridine rings is 1. The van der Waals surface area contributed by atoms with Crippen LogP contribution < -0.4 is 10.1 Å². The smallest absolute Gasteiger partial charge is 0.152 e. The van der Waals surface area contributed by atoms with E-state index in [2.05, 4.69) is 10.3 Å². The lowest BCUT2D eigenvalue weighted by atomic mass is 10.2. The molecule has 1 N–H and O–H groups in total. The van der Waals surface area contributed by atoms with Crippen LogP contribution in [0.15, 0.2) is 18.3 Å². The van der Waals surface area contributed by atoms with Gasteiger partial charge in [0.2, 0.25) is 0 Å². The van der Waals surface area contributed by atoms with Gasteiger partial charge >= 0.3 is 0 Å². The Hall–Kier alpha value is -1.30. The van der Waals surface area contributed by atoms with Crippen LogP contribution in [-0.2, 0) is 9.84 Å². The molecule has 0 radical (unpaired) electrons. The van der Waals surface area contributed by atoms with Crippen LogP contribution in [0.4, 0.5) is 5.82 Å². The second-order valence-corrected chi connectivity index (χ2v) is 6.06. The Morgan fingerprint density at radius 2 is 2.31 bits per heavy atom. The molecule has 1 unspecified atom stereocenters. The summed E-state index contributed by atoms with van der Waals surface area (Å²) in [5.41, 5.74) is 0. The number of anilines is 1. The van der Waals surface area contributed by atoms with Crippen molar-refractivity contribution in [2.75, 3.05) is 23.9 Å². The predicted molar refractivity (Wildman–Crippen MR) is 61.5 cm³/mol. The molecule has 6 heteroatoms. The van der Waals surface area contributed by atoms with Crippen LogP contribution in [-0.4, -0.2) is 38.1 Å². The van der Waals surface area contributed by atoms with E-state index in [-0.39, 0.29) is 17.5 Å². The standard InChI is InChI=1S/C10H14N2O3S/c1-15-9-2-3-10(11-6-9)12-8-4-5-16(13,14)7-8/h2-3,6,8H,4-5,7H2,1H3,(H,11,12). The third-order valence-corrected chi connectivity index (χ3v) is 4.32. The van der Waals surface area contributed by atoms with Crippen LogP contribution in [0.25, 0.3) is 0 Å². The van der Waals surface area contributed by atoms with Crippen molar-refractivity contribution in [3.63, 3.8) is 0 Å². The van der Waals surface area contributed by atoms with E-state index in [1.165, 1.54) is 0 Å². The van der Waals surface area contributed by atoms with E-state index in [9.17, 15) is 8.42 Å². The van der Waals surface area contributed by atoms with Gasteiger partial charge in [0, 0.05) is 6.04 Å². The molecule has 1 fully saturated rings. The van der Waals surface area contributed by atoms with Gasteiger partial charge in [0.15, 0.2) is 9.84 Å². The summed E-state index contributed by atoms with van der Waals surface area (Å²) in [6.07, 6.45) is 2.25. The number of aromatic nitrogens is 1. The van der Waals surface area contributed by atoms with Crippen molar-refractivity contribution in [3.8, 4) is 5.75 Å². The molecular formula is C10H14N2O3S. The summed E-state index contributed by atoms with van der Waals surface area (Å²) in [6, 6.07) is 3.55. The number of methoxy groups -OCH3 is 1. The summed E-state index contributed by atoms with van der Waals surface area (Å²) in [5, 5.41) is 3.10. The Morgan fingerprint density at radius 3 is 2.81 bits per heavy atom. The lowest BCUT2D eigenvalue weighted by Gasteiger charge is -2.11. The van der Waals surface area contributed by atoms with E-state index in [1.54, 1.807) is 25.4 Å². The fraction of sp³-hybridized carbons (Fsp3) is 0.500. The van der Waals surface area contributed by atoms with E-state index in [1.807, 2.05) is 0 Å². The van der Waals surface area contributed by atoms with Crippen LogP contribution >= 0.6 is 0 Å². The number of nitrogens with zero attached hydrogens (tertiary/aromatic N) is 1. The van der Waals surface area contributed by atoms with Gasteiger partial charge in [-0.05, 0) is 18.6 Å². The lowest BCUT2D eigenvalue weighted by molar-refractivity contribution is 0.413. The molecule has 1 saturated heterocycles. The molecule has 1 aromatic rings. The maximum Gasteiger partial charge on any atom is 0.152 e. The summed E-state index contributed by atoms with van der Waals surface area (Å²) in [4.78, 5) is 4.13. The molecule has 0 aliphatic carbocycles. The Morgan fingerprint density at radius 1 is 1.50 bits per heavy atom. The second-order valence-electron chi connectivity index (χ2n) is 3.83. The van der Waals surface area contributed by atoms with E-state index in [4.69, 9.17) is 4.74 Å². The molecule has 2 heterocycles. The predicted octanol–water partition coefficient (Wildman–Crippen LogP) is 0.689. The molecule has 2 rings (SSSR count). The average molecular weight is 242 g/mol. The fourth-order valence-corrected chi connectivity index (χ4v) is 3.38. The van der Waals surface area contributed by atoms with E-state index < -0.39 is 9.84 Å². The Kier molecular flexibility index (Phi) is 3.00. The highest BCUT2D eigenvalue weighted by atomic mass is 32.2. The van der Waals surface area contributed by atoms with Gasteiger partial charge in [-0.15, -0.1) is 0 Å². The van der Waals surface area contributed by atoms with Gasteiger partial charge in [-0.1, -0.05) is 0 Å². The van der Waals surface area contributed by atoms with Gasteiger partial charge in [0.25, 0.3) is 0 Å². The second kappa shape index (κ2) is 4.29. The highest BCUT2D eigenvalue weighted by Gasteiger charge is 2.27. The number of rotatable bonds is 3. The maximum atomic E-state index is 11.3. The number of nitrogens with one attached hydrogen (secondary N) is 1. The maximum absolute atomic E-state index is 11.3. The molecule has 1 aliphatic heterocycles. The van der Waals surface area contributed by atoms with Crippen LogP contribution in [0.1, 0.15) is 6.42 Å². The van der Waals surface area contributed by atoms with Crippen molar-refractivity contribution >= 4 is 15.7 Å². The van der Waals surface area contributed by atoms with Crippen molar-refractivity contribution in [1.82, 2.24) is 4.98 Å². The average Bonchev–Trinajstić information content (AvgIpc) is 2.59. The van der Waals surface area contributed by atoms with Crippen LogP contribution in [0, 0.1) is 0 Å². The van der Waals surface area contributed by atoms with Crippen molar-refractivity contribution in [1.29, 1.82) is 0 Å². The van der Waals surface area contributed by atoms with Gasteiger partial charge in [0.05, 0.1) is 24.8 Å². The molecule has 1 aliphatic rings. The molecule has 0 spiro atoms. The van der Waals surface area contributed by atoms with Crippen molar-refractivity contribution < 1.29 is 13.2 Å². The minimum atomic E-state index is -2.84. The van der Waals surface area contributed by atoms with Crippen LogP contribution in [0.3, 0.4) is 0 Å². The molecule has 0 saturated carbocycles.